The van der Waals surface area contributed by atoms with Crippen LogP contribution in [-0.2, 0) is 14.8 Å². The summed E-state index contributed by atoms with van der Waals surface area (Å²) in [6.45, 7) is 3.74. The minimum atomic E-state index is -4.12. The molecule has 5 heteroatoms. The lowest BCUT2D eigenvalue weighted by Gasteiger charge is -2.37. The largest absolute Gasteiger partial charge is 0.273 e. The van der Waals surface area contributed by atoms with Gasteiger partial charge in [0.25, 0.3) is 10.0 Å². The van der Waals surface area contributed by atoms with E-state index in [0.29, 0.717) is 16.8 Å². The van der Waals surface area contributed by atoms with Gasteiger partial charge in [-0.05, 0) is 48.7 Å². The molecule has 0 bridgehead atoms. The summed E-state index contributed by atoms with van der Waals surface area (Å²) in [5.74, 6) is 0.855. The van der Waals surface area contributed by atoms with Gasteiger partial charge in [-0.15, -0.1) is 6.42 Å². The number of aryl methyl sites for hydroxylation is 2. The number of hydrogen-bond donors (Lipinski definition) is 0. The molecule has 1 aliphatic rings. The highest BCUT2D eigenvalue weighted by Crippen LogP contribution is 2.46. The Kier molecular flexibility index (Phi) is 4.97. The van der Waals surface area contributed by atoms with Crippen LogP contribution >= 0.6 is 0 Å². The number of nitrogens with zero attached hydrogens (tertiary/aromatic N) is 1. The summed E-state index contributed by atoms with van der Waals surface area (Å²) in [5.41, 5.74) is 3.47. The van der Waals surface area contributed by atoms with Crippen LogP contribution in [0, 0.1) is 26.2 Å². The number of terminal acetylenes is 1. The molecule has 0 spiro atoms. The summed E-state index contributed by atoms with van der Waals surface area (Å²) >= 11 is 0. The molecule has 0 unspecified atom stereocenters. The fraction of sp³-hybridized carbons (Fsp3) is 0.160. The van der Waals surface area contributed by atoms with E-state index < -0.39 is 27.8 Å². The topological polar surface area (TPSA) is 54.5 Å². The lowest BCUT2D eigenvalue weighted by Crippen LogP contribution is -2.45. The second-order valence-corrected chi connectivity index (χ2v) is 9.30. The molecule has 0 saturated carbocycles. The predicted molar refractivity (Wildman–Crippen MR) is 118 cm³/mol. The highest BCUT2D eigenvalue weighted by Gasteiger charge is 2.45. The summed E-state index contributed by atoms with van der Waals surface area (Å²) in [7, 11) is -4.12. The van der Waals surface area contributed by atoms with Crippen LogP contribution in [0.4, 0.5) is 5.69 Å². The molecule has 0 N–H and O–H groups in total. The maximum Gasteiger partial charge on any atom is 0.270 e. The van der Waals surface area contributed by atoms with Gasteiger partial charge >= 0.3 is 0 Å². The van der Waals surface area contributed by atoms with E-state index in [-0.39, 0.29) is 4.90 Å². The fourth-order valence-corrected chi connectivity index (χ4v) is 5.36. The van der Waals surface area contributed by atoms with E-state index in [0.717, 1.165) is 15.4 Å². The van der Waals surface area contributed by atoms with Crippen LogP contribution in [0.5, 0.6) is 0 Å². The number of hydrogen-bond acceptors (Lipinski definition) is 3. The molecule has 0 fully saturated rings. The molecule has 150 valence electrons. The Balaban J connectivity index is 1.97. The Labute approximate surface area is 177 Å². The van der Waals surface area contributed by atoms with Gasteiger partial charge in [-0.3, -0.25) is 4.79 Å². The number of sulfonamides is 1. The van der Waals surface area contributed by atoms with Gasteiger partial charge in [0.1, 0.15) is 0 Å². The van der Waals surface area contributed by atoms with Crippen molar-refractivity contribution in [1.82, 2.24) is 0 Å². The van der Waals surface area contributed by atoms with Crippen molar-refractivity contribution in [3.05, 3.63) is 95.1 Å². The molecule has 4 nitrogen and oxygen atoms in total. The molecule has 1 heterocycles. The first kappa shape index (κ1) is 19.9. The van der Waals surface area contributed by atoms with E-state index >= 15 is 0 Å². The number of fused-ring (bicyclic) bond motifs is 1. The molecule has 0 radical (unpaired) electrons. The minimum absolute atomic E-state index is 0.0693. The Morgan fingerprint density at radius 1 is 0.900 bits per heavy atom. The molecule has 3 aromatic carbocycles. The van der Waals surface area contributed by atoms with Gasteiger partial charge in [0.2, 0.25) is 5.91 Å². The zero-order valence-corrected chi connectivity index (χ0v) is 17.6. The van der Waals surface area contributed by atoms with Gasteiger partial charge in [-0.2, -0.15) is 0 Å². The second kappa shape index (κ2) is 7.47. The Hall–Kier alpha value is -3.36. The monoisotopic (exact) mass is 415 g/mol. The lowest BCUT2D eigenvalue weighted by atomic mass is 9.78. The average molecular weight is 416 g/mol. The molecule has 0 saturated heterocycles. The van der Waals surface area contributed by atoms with Crippen LogP contribution in [0.25, 0.3) is 0 Å². The predicted octanol–water partition coefficient (Wildman–Crippen LogP) is 4.54. The van der Waals surface area contributed by atoms with Crippen molar-refractivity contribution >= 4 is 21.6 Å². The zero-order chi connectivity index (χ0) is 21.5. The third-order valence-electron chi connectivity index (χ3n) is 5.44. The number of amides is 1. The van der Waals surface area contributed by atoms with Crippen molar-refractivity contribution < 1.29 is 13.2 Å². The van der Waals surface area contributed by atoms with Gasteiger partial charge < -0.3 is 0 Å². The number of carbonyl (C=O) groups excluding carboxylic acids is 1. The van der Waals surface area contributed by atoms with Gasteiger partial charge in [0.15, 0.2) is 0 Å². The first-order valence-corrected chi connectivity index (χ1v) is 11.1. The highest BCUT2D eigenvalue weighted by atomic mass is 32.2. The van der Waals surface area contributed by atoms with Crippen molar-refractivity contribution in [3.8, 4) is 12.3 Å². The van der Waals surface area contributed by atoms with Gasteiger partial charge in [0, 0.05) is 0 Å². The van der Waals surface area contributed by atoms with Crippen LogP contribution in [0.2, 0.25) is 0 Å². The maximum absolute atomic E-state index is 13.7. The fourth-order valence-electron chi connectivity index (χ4n) is 3.90. The van der Waals surface area contributed by atoms with Gasteiger partial charge in [-0.1, -0.05) is 66.1 Å². The van der Waals surface area contributed by atoms with E-state index in [1.54, 1.807) is 18.2 Å². The smallest absolute Gasteiger partial charge is 0.270 e. The summed E-state index contributed by atoms with van der Waals surface area (Å²) in [6.07, 6.45) is 5.86. The molecule has 30 heavy (non-hydrogen) atoms. The average Bonchev–Trinajstić information content (AvgIpc) is 2.73. The third kappa shape index (κ3) is 3.20. The quantitative estimate of drug-likeness (QED) is 0.590. The molecular weight excluding hydrogens is 394 g/mol. The maximum atomic E-state index is 13.7. The summed E-state index contributed by atoms with van der Waals surface area (Å²) in [4.78, 5) is 13.8. The van der Waals surface area contributed by atoms with Crippen LogP contribution in [0.3, 0.4) is 0 Å². The molecule has 1 amide bonds. The van der Waals surface area contributed by atoms with E-state index in [1.165, 1.54) is 12.1 Å². The third-order valence-corrected chi connectivity index (χ3v) is 7.16. The molecule has 0 aromatic heterocycles. The van der Waals surface area contributed by atoms with Crippen molar-refractivity contribution in [3.63, 3.8) is 0 Å². The summed E-state index contributed by atoms with van der Waals surface area (Å²) in [5, 5.41) is 0. The first-order valence-electron chi connectivity index (χ1n) is 9.62. The Morgan fingerprint density at radius 2 is 1.53 bits per heavy atom. The van der Waals surface area contributed by atoms with Gasteiger partial charge in [-0.25, -0.2) is 12.7 Å². The number of benzene rings is 3. The van der Waals surface area contributed by atoms with Crippen molar-refractivity contribution in [2.45, 2.75) is 30.6 Å². The Morgan fingerprint density at radius 3 is 2.17 bits per heavy atom. The number of anilines is 1. The van der Waals surface area contributed by atoms with E-state index in [9.17, 15) is 13.2 Å². The second-order valence-electron chi connectivity index (χ2n) is 7.52. The molecule has 3 aromatic rings. The van der Waals surface area contributed by atoms with Gasteiger partial charge in [0.05, 0.1) is 22.4 Å². The van der Waals surface area contributed by atoms with E-state index in [1.807, 2.05) is 56.3 Å². The van der Waals surface area contributed by atoms with Crippen LogP contribution < -0.4 is 4.31 Å². The SMILES string of the molecule is C#C[C@@H]1c2ccc(C)cc2N(S(=O)(=O)c2ccc(C)cc2)C(=O)[C@H]1c1ccccc1. The normalized spacial score (nSPS) is 18.6. The van der Waals surface area contributed by atoms with Crippen molar-refractivity contribution in [2.24, 2.45) is 0 Å². The van der Waals surface area contributed by atoms with Crippen LogP contribution in [0.1, 0.15) is 34.1 Å². The number of carbonyl (C=O) groups is 1. The zero-order valence-electron chi connectivity index (χ0n) is 16.7. The molecule has 4 rings (SSSR count). The lowest BCUT2D eigenvalue weighted by molar-refractivity contribution is -0.119. The first-order chi connectivity index (χ1) is 14.3. The molecular formula is C25H21NO3S. The summed E-state index contributed by atoms with van der Waals surface area (Å²) in [6, 6.07) is 21.0. The molecule has 1 aliphatic heterocycles. The molecule has 2 atom stereocenters. The Bertz CT molecular complexity index is 1260. The van der Waals surface area contributed by atoms with Crippen LogP contribution in [-0.4, -0.2) is 14.3 Å². The van der Waals surface area contributed by atoms with E-state index in [2.05, 4.69) is 5.92 Å². The van der Waals surface area contributed by atoms with E-state index in [4.69, 9.17) is 6.42 Å². The van der Waals surface area contributed by atoms with Crippen molar-refractivity contribution in [1.29, 1.82) is 0 Å². The number of rotatable bonds is 3. The molecule has 0 aliphatic carbocycles. The minimum Gasteiger partial charge on any atom is -0.273 e. The standard InChI is InChI=1S/C25H21NO3S/c1-4-21-22-15-12-18(3)16-23(22)26(25(27)24(21)19-8-6-5-7-9-19)30(28,29)20-13-10-17(2)11-14-20/h1,5-16,21,24H,2-3H3/t21-,24+/m1/s1. The summed E-state index contributed by atoms with van der Waals surface area (Å²) < 4.78 is 28.2. The van der Waals surface area contributed by atoms with Crippen molar-refractivity contribution in [2.75, 3.05) is 4.31 Å². The highest BCUT2D eigenvalue weighted by molar-refractivity contribution is 7.93. The van der Waals surface area contributed by atoms with Crippen LogP contribution in [0.15, 0.2) is 77.7 Å².